The van der Waals surface area contributed by atoms with Crippen molar-refractivity contribution >= 4 is 5.91 Å². The molecule has 0 aromatic heterocycles. The van der Waals surface area contributed by atoms with Crippen LogP contribution in [-0.2, 0) is 4.79 Å². The molecule has 0 rings (SSSR count). The zero-order valence-corrected chi connectivity index (χ0v) is 9.68. The van der Waals surface area contributed by atoms with Crippen LogP contribution >= 0.6 is 0 Å². The van der Waals surface area contributed by atoms with Crippen LogP contribution in [0.15, 0.2) is 0 Å². The Morgan fingerprint density at radius 1 is 1.31 bits per heavy atom. The lowest BCUT2D eigenvalue weighted by Gasteiger charge is -2.28. The molecule has 0 atom stereocenters. The van der Waals surface area contributed by atoms with Crippen LogP contribution in [0.1, 0.15) is 47.0 Å². The van der Waals surface area contributed by atoms with Gasteiger partial charge in [0.1, 0.15) is 0 Å². The van der Waals surface area contributed by atoms with Crippen molar-refractivity contribution in [2.24, 2.45) is 5.41 Å². The van der Waals surface area contributed by atoms with E-state index in [9.17, 15) is 4.79 Å². The van der Waals surface area contributed by atoms with E-state index in [0.29, 0.717) is 0 Å². The van der Waals surface area contributed by atoms with Crippen molar-refractivity contribution in [3.63, 3.8) is 0 Å². The standard InChI is InChI=1S/C11H23NO/c1-6-8-9-12(5)10(13)11(3,4)7-2/h6-9H2,1-5H3. The summed E-state index contributed by atoms with van der Waals surface area (Å²) in [5, 5.41) is 0. The number of rotatable bonds is 5. The zero-order chi connectivity index (χ0) is 10.5. The molecule has 13 heavy (non-hydrogen) atoms. The maximum absolute atomic E-state index is 11.8. The van der Waals surface area contributed by atoms with Crippen LogP contribution in [0.5, 0.6) is 0 Å². The molecule has 0 heterocycles. The van der Waals surface area contributed by atoms with E-state index in [1.54, 1.807) is 0 Å². The maximum Gasteiger partial charge on any atom is 0.227 e. The van der Waals surface area contributed by atoms with E-state index >= 15 is 0 Å². The predicted molar refractivity (Wildman–Crippen MR) is 56.6 cm³/mol. The highest BCUT2D eigenvalue weighted by atomic mass is 16.2. The Labute approximate surface area is 82.3 Å². The molecular weight excluding hydrogens is 162 g/mol. The van der Waals surface area contributed by atoms with Crippen molar-refractivity contribution in [3.8, 4) is 0 Å². The number of nitrogens with zero attached hydrogens (tertiary/aromatic N) is 1. The van der Waals surface area contributed by atoms with Crippen molar-refractivity contribution in [1.82, 2.24) is 4.90 Å². The first kappa shape index (κ1) is 12.5. The molecule has 0 aliphatic heterocycles. The molecular formula is C11H23NO. The fourth-order valence-electron chi connectivity index (χ4n) is 1.16. The second-order valence-corrected chi connectivity index (χ2v) is 4.32. The second-order valence-electron chi connectivity index (χ2n) is 4.32. The first-order valence-corrected chi connectivity index (χ1v) is 5.21. The predicted octanol–water partition coefficient (Wildman–Crippen LogP) is 2.68. The normalized spacial score (nSPS) is 11.5. The summed E-state index contributed by atoms with van der Waals surface area (Å²) in [5.74, 6) is 0.267. The molecule has 0 aliphatic carbocycles. The van der Waals surface area contributed by atoms with Crippen LogP contribution in [-0.4, -0.2) is 24.4 Å². The Morgan fingerprint density at radius 3 is 2.23 bits per heavy atom. The van der Waals surface area contributed by atoms with Gasteiger partial charge in [-0.1, -0.05) is 34.1 Å². The van der Waals surface area contributed by atoms with Crippen LogP contribution < -0.4 is 0 Å². The molecule has 0 N–H and O–H groups in total. The van der Waals surface area contributed by atoms with Gasteiger partial charge in [0, 0.05) is 19.0 Å². The quantitative estimate of drug-likeness (QED) is 0.645. The molecule has 0 spiro atoms. The summed E-state index contributed by atoms with van der Waals surface area (Å²) in [4.78, 5) is 13.7. The third-order valence-corrected chi connectivity index (χ3v) is 2.66. The van der Waals surface area contributed by atoms with Gasteiger partial charge in [-0.15, -0.1) is 0 Å². The van der Waals surface area contributed by atoms with Crippen molar-refractivity contribution in [1.29, 1.82) is 0 Å². The lowest BCUT2D eigenvalue weighted by Crippen LogP contribution is -2.38. The topological polar surface area (TPSA) is 20.3 Å². The Kier molecular flexibility index (Phi) is 5.04. The van der Waals surface area contributed by atoms with Gasteiger partial charge in [-0.3, -0.25) is 4.79 Å². The number of hydrogen-bond donors (Lipinski definition) is 0. The molecule has 2 heteroatoms. The average Bonchev–Trinajstić information content (AvgIpc) is 2.12. The highest BCUT2D eigenvalue weighted by molar-refractivity contribution is 5.81. The number of carbonyl (C=O) groups excluding carboxylic acids is 1. The zero-order valence-electron chi connectivity index (χ0n) is 9.68. The summed E-state index contributed by atoms with van der Waals surface area (Å²) in [7, 11) is 1.90. The van der Waals surface area contributed by atoms with Crippen molar-refractivity contribution in [3.05, 3.63) is 0 Å². The third kappa shape index (κ3) is 3.79. The van der Waals surface area contributed by atoms with E-state index in [1.807, 2.05) is 25.8 Å². The molecule has 1 amide bonds. The number of amides is 1. The molecule has 0 radical (unpaired) electrons. The minimum atomic E-state index is -0.192. The molecule has 78 valence electrons. The first-order valence-electron chi connectivity index (χ1n) is 5.21. The van der Waals surface area contributed by atoms with E-state index in [4.69, 9.17) is 0 Å². The van der Waals surface area contributed by atoms with Crippen LogP contribution in [0.25, 0.3) is 0 Å². The minimum absolute atomic E-state index is 0.192. The van der Waals surface area contributed by atoms with Gasteiger partial charge >= 0.3 is 0 Å². The van der Waals surface area contributed by atoms with E-state index < -0.39 is 0 Å². The molecule has 0 saturated heterocycles. The summed E-state index contributed by atoms with van der Waals surface area (Å²) in [6, 6.07) is 0. The van der Waals surface area contributed by atoms with Gasteiger partial charge in [0.05, 0.1) is 0 Å². The molecule has 0 aliphatic rings. The van der Waals surface area contributed by atoms with E-state index in [0.717, 1.165) is 25.8 Å². The summed E-state index contributed by atoms with van der Waals surface area (Å²) < 4.78 is 0. The molecule has 2 nitrogen and oxygen atoms in total. The molecule has 0 aromatic rings. The van der Waals surface area contributed by atoms with Crippen LogP contribution in [0.3, 0.4) is 0 Å². The van der Waals surface area contributed by atoms with Gasteiger partial charge in [-0.25, -0.2) is 0 Å². The lowest BCUT2D eigenvalue weighted by molar-refractivity contribution is -0.139. The fourth-order valence-corrected chi connectivity index (χ4v) is 1.16. The smallest absolute Gasteiger partial charge is 0.227 e. The molecule has 0 bridgehead atoms. The minimum Gasteiger partial charge on any atom is -0.345 e. The van der Waals surface area contributed by atoms with Crippen LogP contribution in [0.4, 0.5) is 0 Å². The highest BCUT2D eigenvalue weighted by Gasteiger charge is 2.27. The van der Waals surface area contributed by atoms with Gasteiger partial charge in [0.2, 0.25) is 5.91 Å². The van der Waals surface area contributed by atoms with Crippen molar-refractivity contribution in [2.75, 3.05) is 13.6 Å². The van der Waals surface area contributed by atoms with Gasteiger partial charge in [-0.2, -0.15) is 0 Å². The van der Waals surface area contributed by atoms with E-state index in [-0.39, 0.29) is 11.3 Å². The number of unbranched alkanes of at least 4 members (excludes halogenated alkanes) is 1. The van der Waals surface area contributed by atoms with Gasteiger partial charge in [0.15, 0.2) is 0 Å². The SMILES string of the molecule is CCCCN(C)C(=O)C(C)(C)CC. The molecule has 0 fully saturated rings. The third-order valence-electron chi connectivity index (χ3n) is 2.66. The Hall–Kier alpha value is -0.530. The van der Waals surface area contributed by atoms with E-state index in [1.165, 1.54) is 0 Å². The van der Waals surface area contributed by atoms with Crippen LogP contribution in [0, 0.1) is 5.41 Å². The van der Waals surface area contributed by atoms with Crippen molar-refractivity contribution < 1.29 is 4.79 Å². The fraction of sp³-hybridized carbons (Fsp3) is 0.909. The summed E-state index contributed by atoms with van der Waals surface area (Å²) in [6.45, 7) is 9.11. The number of carbonyl (C=O) groups is 1. The van der Waals surface area contributed by atoms with Gasteiger partial charge < -0.3 is 4.90 Å². The summed E-state index contributed by atoms with van der Waals surface area (Å²) >= 11 is 0. The first-order chi connectivity index (χ1) is 5.95. The molecule has 0 saturated carbocycles. The average molecular weight is 185 g/mol. The molecule has 0 unspecified atom stereocenters. The summed E-state index contributed by atoms with van der Waals surface area (Å²) in [6.07, 6.45) is 3.15. The Morgan fingerprint density at radius 2 is 1.85 bits per heavy atom. The Balaban J connectivity index is 4.09. The van der Waals surface area contributed by atoms with Gasteiger partial charge in [0.25, 0.3) is 0 Å². The molecule has 0 aromatic carbocycles. The largest absolute Gasteiger partial charge is 0.345 e. The van der Waals surface area contributed by atoms with Gasteiger partial charge in [-0.05, 0) is 12.8 Å². The van der Waals surface area contributed by atoms with E-state index in [2.05, 4.69) is 13.8 Å². The highest BCUT2D eigenvalue weighted by Crippen LogP contribution is 2.22. The monoisotopic (exact) mass is 185 g/mol. The van der Waals surface area contributed by atoms with Crippen LogP contribution in [0.2, 0.25) is 0 Å². The summed E-state index contributed by atoms with van der Waals surface area (Å²) in [5.41, 5.74) is -0.192. The van der Waals surface area contributed by atoms with Crippen molar-refractivity contribution in [2.45, 2.75) is 47.0 Å². The second kappa shape index (κ2) is 5.25. The lowest BCUT2D eigenvalue weighted by atomic mass is 9.88. The maximum atomic E-state index is 11.8. The number of hydrogen-bond acceptors (Lipinski definition) is 1. The Bertz CT molecular complexity index is 163.